The summed E-state index contributed by atoms with van der Waals surface area (Å²) in [6, 6.07) is 33.4. The van der Waals surface area contributed by atoms with E-state index < -0.39 is 6.09 Å². The Bertz CT molecular complexity index is 1540. The van der Waals surface area contributed by atoms with Gasteiger partial charge in [-0.15, -0.1) is 0 Å². The molecule has 0 fully saturated rings. The van der Waals surface area contributed by atoms with Gasteiger partial charge in [0.2, 0.25) is 0 Å². The van der Waals surface area contributed by atoms with Gasteiger partial charge >= 0.3 is 6.09 Å². The van der Waals surface area contributed by atoms with Crippen LogP contribution in [0.4, 0.5) is 10.5 Å². The second-order valence-electron chi connectivity index (χ2n) is 8.36. The normalized spacial score (nSPS) is 11.0. The number of ether oxygens (including phenoxy) is 1. The van der Waals surface area contributed by atoms with Crippen LogP contribution in [0.5, 0.6) is 0 Å². The maximum Gasteiger partial charge on any atom is 0.411 e. The number of H-pyrrole nitrogens is 1. The summed E-state index contributed by atoms with van der Waals surface area (Å²) in [6.45, 7) is 4.50. The number of anilines is 1. The molecule has 0 aliphatic carbocycles. The maximum atomic E-state index is 12.3. The minimum atomic E-state index is -0.503. The molecular formula is C31H25N3O2. The van der Waals surface area contributed by atoms with Crippen molar-refractivity contribution in [3.05, 3.63) is 138 Å². The number of hydrogen-bond acceptors (Lipinski definition) is 3. The van der Waals surface area contributed by atoms with Gasteiger partial charge in [-0.1, -0.05) is 91.5 Å². The Morgan fingerprint density at radius 1 is 0.861 bits per heavy atom. The molecule has 5 aromatic rings. The van der Waals surface area contributed by atoms with Crippen LogP contribution >= 0.6 is 0 Å². The first kappa shape index (κ1) is 22.9. The quantitative estimate of drug-likeness (QED) is 0.258. The number of benzene rings is 4. The summed E-state index contributed by atoms with van der Waals surface area (Å²) < 4.78 is 5.33. The molecule has 0 bridgehead atoms. The Kier molecular flexibility index (Phi) is 6.72. The number of aromatic amines is 1. The van der Waals surface area contributed by atoms with Crippen LogP contribution in [0.1, 0.15) is 27.9 Å². The molecule has 1 amide bonds. The van der Waals surface area contributed by atoms with Crippen LogP contribution in [0.25, 0.3) is 28.6 Å². The zero-order valence-corrected chi connectivity index (χ0v) is 19.6. The van der Waals surface area contributed by atoms with Gasteiger partial charge in [-0.3, -0.25) is 10.4 Å². The molecule has 5 nitrogen and oxygen atoms in total. The van der Waals surface area contributed by atoms with E-state index in [1.165, 1.54) is 0 Å². The second-order valence-corrected chi connectivity index (χ2v) is 8.36. The summed E-state index contributed by atoms with van der Waals surface area (Å²) in [5, 5.41) is 11.4. The van der Waals surface area contributed by atoms with Gasteiger partial charge in [0.25, 0.3) is 0 Å². The Hall–Kier alpha value is -4.90. The molecule has 176 valence electrons. The third-order valence-electron chi connectivity index (χ3n) is 5.84. The molecule has 1 heterocycles. The molecule has 0 aliphatic heterocycles. The summed E-state index contributed by atoms with van der Waals surface area (Å²) in [6.07, 6.45) is 3.55. The van der Waals surface area contributed by atoms with E-state index in [1.807, 2.05) is 103 Å². The lowest BCUT2D eigenvalue weighted by Gasteiger charge is -2.11. The zero-order valence-electron chi connectivity index (χ0n) is 19.6. The van der Waals surface area contributed by atoms with Crippen molar-refractivity contribution in [3.8, 4) is 0 Å². The highest BCUT2D eigenvalue weighted by atomic mass is 16.5. The third kappa shape index (κ3) is 5.42. The minimum Gasteiger partial charge on any atom is -0.444 e. The summed E-state index contributed by atoms with van der Waals surface area (Å²) in [5.41, 5.74) is 7.22. The largest absolute Gasteiger partial charge is 0.444 e. The van der Waals surface area contributed by atoms with E-state index in [4.69, 9.17) is 4.74 Å². The van der Waals surface area contributed by atoms with Crippen LogP contribution in [0.15, 0.2) is 110 Å². The van der Waals surface area contributed by atoms with Crippen molar-refractivity contribution < 1.29 is 9.53 Å². The van der Waals surface area contributed by atoms with Crippen LogP contribution in [0.3, 0.4) is 0 Å². The average molecular weight is 472 g/mol. The number of aromatic nitrogens is 2. The molecule has 5 heteroatoms. The number of nitrogens with one attached hydrogen (secondary N) is 2. The molecule has 2 N–H and O–H groups in total. The van der Waals surface area contributed by atoms with Gasteiger partial charge in [-0.2, -0.15) is 5.10 Å². The number of nitrogens with zero attached hydrogens (tertiary/aromatic N) is 1. The fraction of sp³-hybridized carbons (Fsp3) is 0.0323. The predicted molar refractivity (Wildman–Crippen MR) is 146 cm³/mol. The van der Waals surface area contributed by atoms with Crippen LogP contribution in [0.2, 0.25) is 0 Å². The van der Waals surface area contributed by atoms with E-state index in [2.05, 4.69) is 34.2 Å². The fourth-order valence-electron chi connectivity index (χ4n) is 3.92. The molecule has 0 spiro atoms. The lowest BCUT2D eigenvalue weighted by Crippen LogP contribution is -2.13. The zero-order chi connectivity index (χ0) is 24.7. The van der Waals surface area contributed by atoms with Gasteiger partial charge in [-0.25, -0.2) is 4.79 Å². The highest BCUT2D eigenvalue weighted by molar-refractivity contribution is 5.93. The number of fused-ring (bicyclic) bond motifs is 1. The molecule has 36 heavy (non-hydrogen) atoms. The van der Waals surface area contributed by atoms with Crippen molar-refractivity contribution in [1.82, 2.24) is 10.2 Å². The van der Waals surface area contributed by atoms with Gasteiger partial charge in [0.15, 0.2) is 0 Å². The molecule has 0 unspecified atom stereocenters. The van der Waals surface area contributed by atoms with Crippen molar-refractivity contribution in [1.29, 1.82) is 0 Å². The number of carbonyl (C=O) groups is 1. The van der Waals surface area contributed by atoms with Gasteiger partial charge in [0.05, 0.1) is 11.2 Å². The number of amides is 1. The van der Waals surface area contributed by atoms with Gasteiger partial charge in [-0.05, 0) is 58.2 Å². The van der Waals surface area contributed by atoms with Crippen molar-refractivity contribution in [3.63, 3.8) is 0 Å². The topological polar surface area (TPSA) is 67.0 Å². The molecule has 0 aliphatic rings. The molecule has 0 saturated heterocycles. The molecule has 0 atom stereocenters. The average Bonchev–Trinajstić information content (AvgIpc) is 3.34. The molecule has 5 rings (SSSR count). The summed E-state index contributed by atoms with van der Waals surface area (Å²) in [5.74, 6) is 0. The van der Waals surface area contributed by atoms with Crippen molar-refractivity contribution in [2.24, 2.45) is 0 Å². The van der Waals surface area contributed by atoms with E-state index in [0.717, 1.165) is 44.4 Å². The highest BCUT2D eigenvalue weighted by Crippen LogP contribution is 2.28. The molecule has 1 aromatic heterocycles. The Labute approximate surface area is 209 Å². The smallest absolute Gasteiger partial charge is 0.411 e. The fourth-order valence-corrected chi connectivity index (χ4v) is 3.92. The predicted octanol–water partition coefficient (Wildman–Crippen LogP) is 7.54. The first-order valence-corrected chi connectivity index (χ1v) is 11.6. The highest BCUT2D eigenvalue weighted by Gasteiger charge is 2.10. The molecular weight excluding hydrogens is 446 g/mol. The van der Waals surface area contributed by atoms with Crippen LogP contribution < -0.4 is 5.32 Å². The lowest BCUT2D eigenvalue weighted by molar-refractivity contribution is 0.155. The standard InChI is InChI=1S/C31H25N3O2/c1-22(25-13-8-14-27(19-25)32-31(35)36-21-24-11-6-3-7-12-24)26-16-17-28-29(33-34-30(28)20-26)18-15-23-9-4-2-5-10-23/h2-20H,1,21H2,(H,32,35)(H,33,34). The Morgan fingerprint density at radius 2 is 1.61 bits per heavy atom. The molecule has 0 saturated carbocycles. The van der Waals surface area contributed by atoms with Crippen LogP contribution in [-0.4, -0.2) is 16.3 Å². The van der Waals surface area contributed by atoms with Crippen molar-refractivity contribution in [2.75, 3.05) is 5.32 Å². The number of hydrogen-bond donors (Lipinski definition) is 2. The van der Waals surface area contributed by atoms with Gasteiger partial charge in [0.1, 0.15) is 6.61 Å². The van der Waals surface area contributed by atoms with Gasteiger partial charge < -0.3 is 4.74 Å². The Balaban J connectivity index is 1.28. The first-order valence-electron chi connectivity index (χ1n) is 11.6. The SMILES string of the molecule is C=C(c1cccc(NC(=O)OCc2ccccc2)c1)c1ccc2c(C=Cc3ccccc3)n[nH]c2c1. The van der Waals surface area contributed by atoms with Crippen molar-refractivity contribution in [2.45, 2.75) is 6.61 Å². The maximum absolute atomic E-state index is 12.3. The van der Waals surface area contributed by atoms with E-state index in [9.17, 15) is 4.79 Å². The summed E-state index contributed by atoms with van der Waals surface area (Å²) in [7, 11) is 0. The lowest BCUT2D eigenvalue weighted by atomic mass is 9.98. The molecule has 4 aromatic carbocycles. The number of carbonyl (C=O) groups excluding carboxylic acids is 1. The van der Waals surface area contributed by atoms with E-state index in [0.29, 0.717) is 5.69 Å². The number of rotatable bonds is 7. The van der Waals surface area contributed by atoms with Crippen LogP contribution in [-0.2, 0) is 11.3 Å². The second kappa shape index (κ2) is 10.6. The van der Waals surface area contributed by atoms with Crippen molar-refractivity contribution >= 4 is 40.4 Å². The van der Waals surface area contributed by atoms with E-state index in [-0.39, 0.29) is 6.61 Å². The Morgan fingerprint density at radius 3 is 2.42 bits per heavy atom. The monoisotopic (exact) mass is 471 g/mol. The summed E-state index contributed by atoms with van der Waals surface area (Å²) in [4.78, 5) is 12.3. The van der Waals surface area contributed by atoms with Gasteiger partial charge in [0, 0.05) is 11.1 Å². The van der Waals surface area contributed by atoms with Crippen LogP contribution in [0, 0.1) is 0 Å². The third-order valence-corrected chi connectivity index (χ3v) is 5.84. The van der Waals surface area contributed by atoms with E-state index in [1.54, 1.807) is 0 Å². The van der Waals surface area contributed by atoms with E-state index >= 15 is 0 Å². The minimum absolute atomic E-state index is 0.214. The summed E-state index contributed by atoms with van der Waals surface area (Å²) >= 11 is 0. The first-order chi connectivity index (χ1) is 17.7. The molecule has 0 radical (unpaired) electrons.